The number of allylic oxidation sites excluding steroid dienone is 3. The van der Waals surface area contributed by atoms with Gasteiger partial charge < -0.3 is 4.74 Å². The largest absolute Gasteiger partial charge is 0.489 e. The maximum Gasteiger partial charge on any atom is 0.123 e. The van der Waals surface area contributed by atoms with Gasteiger partial charge in [-0.2, -0.15) is 0 Å². The Balaban J connectivity index is 1.86. The Morgan fingerprint density at radius 3 is 2.88 bits per heavy atom. The monoisotopic (exact) mass is 212 g/mol. The lowest BCUT2D eigenvalue weighted by Gasteiger charge is -2.32. The molecule has 0 saturated carbocycles. The summed E-state index contributed by atoms with van der Waals surface area (Å²) in [5.41, 5.74) is 1.49. The van der Waals surface area contributed by atoms with Gasteiger partial charge in [-0.1, -0.05) is 49.4 Å². The van der Waals surface area contributed by atoms with Gasteiger partial charge in [0, 0.05) is 11.8 Å². The zero-order chi connectivity index (χ0) is 11.0. The van der Waals surface area contributed by atoms with Crippen LogP contribution >= 0.6 is 0 Å². The normalized spacial score (nSPS) is 31.2. The summed E-state index contributed by atoms with van der Waals surface area (Å²) < 4.78 is 6.06. The van der Waals surface area contributed by atoms with Crippen molar-refractivity contribution in [3.8, 4) is 5.75 Å². The molecule has 1 aromatic carbocycles. The smallest absolute Gasteiger partial charge is 0.123 e. The molecule has 0 aromatic heterocycles. The van der Waals surface area contributed by atoms with Gasteiger partial charge in [0.05, 0.1) is 0 Å². The Morgan fingerprint density at radius 1 is 1.25 bits per heavy atom. The lowest BCUT2D eigenvalue weighted by Crippen LogP contribution is -2.34. The molecule has 1 aliphatic heterocycles. The number of benzene rings is 1. The van der Waals surface area contributed by atoms with E-state index in [9.17, 15) is 0 Å². The highest BCUT2D eigenvalue weighted by Gasteiger charge is 2.37. The summed E-state index contributed by atoms with van der Waals surface area (Å²) in [4.78, 5) is 0. The van der Waals surface area contributed by atoms with Crippen LogP contribution in [0.25, 0.3) is 0 Å². The average molecular weight is 212 g/mol. The third-order valence-electron chi connectivity index (χ3n) is 3.66. The van der Waals surface area contributed by atoms with Gasteiger partial charge in [-0.25, -0.2) is 0 Å². The second kappa shape index (κ2) is 3.51. The summed E-state index contributed by atoms with van der Waals surface area (Å²) in [6.07, 6.45) is 11.1. The zero-order valence-corrected chi connectivity index (χ0v) is 9.52. The first-order chi connectivity index (χ1) is 7.78. The van der Waals surface area contributed by atoms with Crippen LogP contribution in [-0.2, 0) is 6.42 Å². The minimum absolute atomic E-state index is 0.147. The number of ether oxygens (including phenoxy) is 1. The maximum absolute atomic E-state index is 6.06. The van der Waals surface area contributed by atoms with Crippen LogP contribution in [0, 0.1) is 5.41 Å². The number of rotatable bonds is 1. The molecule has 16 heavy (non-hydrogen) atoms. The van der Waals surface area contributed by atoms with Crippen LogP contribution in [0.5, 0.6) is 5.75 Å². The van der Waals surface area contributed by atoms with E-state index in [1.54, 1.807) is 0 Å². The Labute approximate surface area is 96.4 Å². The Bertz CT molecular complexity index is 433. The standard InChI is InChI=1S/C15H16O/c1-15(9-5-2-6-10-15)14-11-12-7-3-4-8-13(12)16-14/h2-9,14H,10-11H2,1H3. The van der Waals surface area contributed by atoms with Crippen LogP contribution in [0.4, 0.5) is 0 Å². The highest BCUT2D eigenvalue weighted by Crippen LogP contribution is 2.40. The number of hydrogen-bond donors (Lipinski definition) is 0. The Hall–Kier alpha value is -1.50. The van der Waals surface area contributed by atoms with E-state index >= 15 is 0 Å². The van der Waals surface area contributed by atoms with E-state index in [1.165, 1.54) is 5.56 Å². The summed E-state index contributed by atoms with van der Waals surface area (Å²) in [6.45, 7) is 2.28. The summed E-state index contributed by atoms with van der Waals surface area (Å²) in [6, 6.07) is 8.37. The van der Waals surface area contributed by atoms with E-state index in [-0.39, 0.29) is 11.5 Å². The van der Waals surface area contributed by atoms with Crippen molar-refractivity contribution in [3.63, 3.8) is 0 Å². The highest BCUT2D eigenvalue weighted by molar-refractivity contribution is 5.38. The van der Waals surface area contributed by atoms with Crippen LogP contribution in [0.2, 0.25) is 0 Å². The van der Waals surface area contributed by atoms with Crippen LogP contribution in [-0.4, -0.2) is 6.10 Å². The van der Waals surface area contributed by atoms with Gasteiger partial charge in [-0.05, 0) is 18.1 Å². The van der Waals surface area contributed by atoms with Crippen LogP contribution in [0.15, 0.2) is 48.6 Å². The molecule has 0 bridgehead atoms. The zero-order valence-electron chi connectivity index (χ0n) is 9.52. The molecule has 1 aromatic rings. The average Bonchev–Trinajstić information content (AvgIpc) is 2.74. The third-order valence-corrected chi connectivity index (χ3v) is 3.66. The highest BCUT2D eigenvalue weighted by atomic mass is 16.5. The quantitative estimate of drug-likeness (QED) is 0.692. The maximum atomic E-state index is 6.06. The molecule has 1 aliphatic carbocycles. The molecule has 2 atom stereocenters. The number of hydrogen-bond acceptors (Lipinski definition) is 1. The van der Waals surface area contributed by atoms with Crippen molar-refractivity contribution < 1.29 is 4.74 Å². The van der Waals surface area contributed by atoms with Gasteiger partial charge in [0.2, 0.25) is 0 Å². The minimum Gasteiger partial charge on any atom is -0.489 e. The summed E-state index contributed by atoms with van der Waals surface area (Å²) in [5.74, 6) is 1.07. The molecule has 82 valence electrons. The fourth-order valence-electron chi connectivity index (χ4n) is 2.53. The van der Waals surface area contributed by atoms with E-state index < -0.39 is 0 Å². The molecule has 0 saturated heterocycles. The predicted octanol–water partition coefficient (Wildman–Crippen LogP) is 3.51. The number of para-hydroxylation sites is 1. The molecule has 2 unspecified atom stereocenters. The van der Waals surface area contributed by atoms with Gasteiger partial charge in [0.15, 0.2) is 0 Å². The topological polar surface area (TPSA) is 9.23 Å². The molecule has 2 aliphatic rings. The first kappa shape index (κ1) is 9.71. The first-order valence-electron chi connectivity index (χ1n) is 5.87. The SMILES string of the molecule is CC1(C2Cc3ccccc3O2)C=CC=CC1. The molecule has 0 fully saturated rings. The molecular formula is C15H16O. The molecule has 1 heterocycles. The van der Waals surface area contributed by atoms with E-state index in [4.69, 9.17) is 4.74 Å². The fraction of sp³-hybridized carbons (Fsp3) is 0.333. The molecule has 3 rings (SSSR count). The molecule has 1 heteroatoms. The number of fused-ring (bicyclic) bond motifs is 1. The van der Waals surface area contributed by atoms with Gasteiger partial charge >= 0.3 is 0 Å². The van der Waals surface area contributed by atoms with Crippen LogP contribution < -0.4 is 4.74 Å². The van der Waals surface area contributed by atoms with Crippen molar-refractivity contribution in [2.24, 2.45) is 5.41 Å². The third kappa shape index (κ3) is 1.47. The van der Waals surface area contributed by atoms with Gasteiger partial charge in [0.1, 0.15) is 11.9 Å². The minimum atomic E-state index is 0.147. The first-order valence-corrected chi connectivity index (χ1v) is 5.87. The lowest BCUT2D eigenvalue weighted by atomic mass is 9.77. The van der Waals surface area contributed by atoms with Gasteiger partial charge in [-0.15, -0.1) is 0 Å². The fourth-order valence-corrected chi connectivity index (χ4v) is 2.53. The molecule has 0 N–H and O–H groups in total. The molecule has 0 radical (unpaired) electrons. The summed E-state index contributed by atoms with van der Waals surface area (Å²) >= 11 is 0. The van der Waals surface area contributed by atoms with E-state index in [0.717, 1.165) is 18.6 Å². The Kier molecular flexibility index (Phi) is 2.13. The molecule has 0 amide bonds. The predicted molar refractivity (Wildman–Crippen MR) is 65.6 cm³/mol. The summed E-state index contributed by atoms with van der Waals surface area (Å²) in [7, 11) is 0. The van der Waals surface area contributed by atoms with E-state index in [1.807, 2.05) is 6.07 Å². The molecular weight excluding hydrogens is 196 g/mol. The Morgan fingerprint density at radius 2 is 2.12 bits per heavy atom. The van der Waals surface area contributed by atoms with Gasteiger partial charge in [-0.3, -0.25) is 0 Å². The van der Waals surface area contributed by atoms with Crippen molar-refractivity contribution >= 4 is 0 Å². The van der Waals surface area contributed by atoms with Crippen molar-refractivity contribution in [1.29, 1.82) is 0 Å². The van der Waals surface area contributed by atoms with Crippen LogP contribution in [0.3, 0.4) is 0 Å². The summed E-state index contributed by atoms with van der Waals surface area (Å²) in [5, 5.41) is 0. The van der Waals surface area contributed by atoms with Crippen molar-refractivity contribution in [2.45, 2.75) is 25.9 Å². The molecule has 1 nitrogen and oxygen atoms in total. The second-order valence-electron chi connectivity index (χ2n) is 4.92. The molecule has 0 spiro atoms. The van der Waals surface area contributed by atoms with Crippen LogP contribution in [0.1, 0.15) is 18.9 Å². The van der Waals surface area contributed by atoms with Crippen molar-refractivity contribution in [2.75, 3.05) is 0 Å². The lowest BCUT2D eigenvalue weighted by molar-refractivity contribution is 0.117. The van der Waals surface area contributed by atoms with Crippen molar-refractivity contribution in [1.82, 2.24) is 0 Å². The van der Waals surface area contributed by atoms with Crippen molar-refractivity contribution in [3.05, 3.63) is 54.1 Å². The second-order valence-corrected chi connectivity index (χ2v) is 4.92. The van der Waals surface area contributed by atoms with E-state index in [2.05, 4.69) is 49.4 Å². The van der Waals surface area contributed by atoms with E-state index in [0.29, 0.717) is 0 Å². The van der Waals surface area contributed by atoms with Gasteiger partial charge in [0.25, 0.3) is 0 Å².